The Kier molecular flexibility index (Phi) is 5.41. The van der Waals surface area contributed by atoms with Crippen molar-refractivity contribution in [1.29, 1.82) is 0 Å². The molecule has 0 atom stereocenters. The molecular formula is C27H23FN4O3. The second kappa shape index (κ2) is 8.87. The van der Waals surface area contributed by atoms with Gasteiger partial charge in [-0.2, -0.15) is 4.98 Å². The first kappa shape index (κ1) is 21.3. The molecule has 2 aromatic heterocycles. The fraction of sp³-hybridized carbons (Fsp3) is 0.222. The van der Waals surface area contributed by atoms with E-state index in [1.165, 1.54) is 29.5 Å². The van der Waals surface area contributed by atoms with Crippen molar-refractivity contribution in [3.63, 3.8) is 0 Å². The Hall–Kier alpha value is -4.20. The number of carbonyl (C=O) groups is 1. The second-order valence-corrected chi connectivity index (χ2v) is 8.71. The van der Waals surface area contributed by atoms with Gasteiger partial charge in [0.25, 0.3) is 5.91 Å². The lowest BCUT2D eigenvalue weighted by atomic mass is 10.0. The van der Waals surface area contributed by atoms with Gasteiger partial charge >= 0.3 is 0 Å². The zero-order valence-electron chi connectivity index (χ0n) is 19.0. The SMILES string of the molecule is O=C(c1ccco1)N1CCc2nc(N3CCc4ccccc4C3)nc(Oc3cccc(F)c3)c2C1. The first-order chi connectivity index (χ1) is 17.1. The largest absolute Gasteiger partial charge is 0.459 e. The van der Waals surface area contributed by atoms with Gasteiger partial charge < -0.3 is 19.0 Å². The maximum Gasteiger partial charge on any atom is 0.289 e. The summed E-state index contributed by atoms with van der Waals surface area (Å²) in [5, 5.41) is 0. The van der Waals surface area contributed by atoms with Gasteiger partial charge in [0.05, 0.1) is 24.1 Å². The van der Waals surface area contributed by atoms with E-state index in [9.17, 15) is 9.18 Å². The van der Waals surface area contributed by atoms with Crippen LogP contribution in [0.3, 0.4) is 0 Å². The van der Waals surface area contributed by atoms with Crippen molar-refractivity contribution in [1.82, 2.24) is 14.9 Å². The smallest absolute Gasteiger partial charge is 0.289 e. The highest BCUT2D eigenvalue weighted by atomic mass is 19.1. The molecule has 6 rings (SSSR count). The second-order valence-electron chi connectivity index (χ2n) is 8.71. The number of hydrogen-bond acceptors (Lipinski definition) is 6. The predicted molar refractivity (Wildman–Crippen MR) is 127 cm³/mol. The molecule has 35 heavy (non-hydrogen) atoms. The van der Waals surface area contributed by atoms with E-state index in [1.807, 2.05) is 6.07 Å². The zero-order chi connectivity index (χ0) is 23.8. The van der Waals surface area contributed by atoms with E-state index in [1.54, 1.807) is 29.2 Å². The maximum atomic E-state index is 13.9. The number of anilines is 1. The molecule has 2 aromatic carbocycles. The van der Waals surface area contributed by atoms with Crippen LogP contribution in [0, 0.1) is 5.82 Å². The summed E-state index contributed by atoms with van der Waals surface area (Å²) in [5.41, 5.74) is 4.15. The molecule has 4 aromatic rings. The van der Waals surface area contributed by atoms with E-state index < -0.39 is 5.82 Å². The average Bonchev–Trinajstić information content (AvgIpc) is 3.43. The van der Waals surface area contributed by atoms with Gasteiger partial charge in [-0.3, -0.25) is 4.79 Å². The van der Waals surface area contributed by atoms with Crippen LogP contribution in [0.4, 0.5) is 10.3 Å². The zero-order valence-corrected chi connectivity index (χ0v) is 19.0. The molecule has 0 fully saturated rings. The van der Waals surface area contributed by atoms with Gasteiger partial charge in [-0.1, -0.05) is 30.3 Å². The number of amides is 1. The number of hydrogen-bond donors (Lipinski definition) is 0. The third-order valence-corrected chi connectivity index (χ3v) is 6.45. The Morgan fingerprint density at radius 3 is 2.66 bits per heavy atom. The van der Waals surface area contributed by atoms with Crippen LogP contribution in [0.2, 0.25) is 0 Å². The lowest BCUT2D eigenvalue weighted by Gasteiger charge is -2.32. The molecule has 0 radical (unpaired) electrons. The minimum Gasteiger partial charge on any atom is -0.459 e. The van der Waals surface area contributed by atoms with Gasteiger partial charge in [-0.25, -0.2) is 9.37 Å². The van der Waals surface area contributed by atoms with Gasteiger partial charge in [0.2, 0.25) is 11.8 Å². The van der Waals surface area contributed by atoms with Crippen LogP contribution in [0.5, 0.6) is 11.6 Å². The quantitative estimate of drug-likeness (QED) is 0.428. The molecule has 0 spiro atoms. The van der Waals surface area contributed by atoms with Crippen molar-refractivity contribution in [2.24, 2.45) is 0 Å². The van der Waals surface area contributed by atoms with Crippen molar-refractivity contribution in [3.05, 3.63) is 101 Å². The Morgan fingerprint density at radius 1 is 0.943 bits per heavy atom. The van der Waals surface area contributed by atoms with E-state index in [0.29, 0.717) is 37.1 Å². The summed E-state index contributed by atoms with van der Waals surface area (Å²) in [5.74, 6) is 0.949. The molecule has 0 saturated carbocycles. The van der Waals surface area contributed by atoms with Crippen LogP contribution >= 0.6 is 0 Å². The van der Waals surface area contributed by atoms with Gasteiger partial charge in [0.1, 0.15) is 11.6 Å². The third-order valence-electron chi connectivity index (χ3n) is 6.45. The Bertz CT molecular complexity index is 1390. The summed E-state index contributed by atoms with van der Waals surface area (Å²) in [6.45, 7) is 2.28. The van der Waals surface area contributed by atoms with Crippen molar-refractivity contribution < 1.29 is 18.3 Å². The fourth-order valence-electron chi connectivity index (χ4n) is 4.64. The van der Waals surface area contributed by atoms with Crippen LogP contribution < -0.4 is 9.64 Å². The van der Waals surface area contributed by atoms with Crippen molar-refractivity contribution in [2.75, 3.05) is 18.0 Å². The summed E-state index contributed by atoms with van der Waals surface area (Å²) >= 11 is 0. The fourth-order valence-corrected chi connectivity index (χ4v) is 4.64. The molecule has 2 aliphatic rings. The lowest BCUT2D eigenvalue weighted by molar-refractivity contribution is 0.0699. The first-order valence-corrected chi connectivity index (χ1v) is 11.6. The molecular weight excluding hydrogens is 447 g/mol. The standard InChI is InChI=1S/C27H23FN4O3/c28-20-7-3-8-21(15-20)35-25-22-17-31(26(33)24-9-4-14-34-24)13-11-23(22)29-27(30-25)32-12-10-18-5-1-2-6-19(18)16-32/h1-9,14-15H,10-13,16-17H2. The monoisotopic (exact) mass is 470 g/mol. The van der Waals surface area contributed by atoms with E-state index >= 15 is 0 Å². The molecule has 0 unspecified atom stereocenters. The molecule has 0 saturated heterocycles. The summed E-state index contributed by atoms with van der Waals surface area (Å²) in [6.07, 6.45) is 2.94. The minimum absolute atomic E-state index is 0.200. The summed E-state index contributed by atoms with van der Waals surface area (Å²) in [4.78, 5) is 26.4. The molecule has 0 bridgehead atoms. The Balaban J connectivity index is 1.36. The van der Waals surface area contributed by atoms with E-state index in [0.717, 1.165) is 24.2 Å². The van der Waals surface area contributed by atoms with Crippen molar-refractivity contribution >= 4 is 11.9 Å². The topological polar surface area (TPSA) is 71.7 Å². The van der Waals surface area contributed by atoms with Crippen molar-refractivity contribution in [3.8, 4) is 11.6 Å². The first-order valence-electron chi connectivity index (χ1n) is 11.6. The number of nitrogens with zero attached hydrogens (tertiary/aromatic N) is 4. The minimum atomic E-state index is -0.395. The van der Waals surface area contributed by atoms with Crippen LogP contribution in [-0.2, 0) is 25.9 Å². The number of carbonyl (C=O) groups excluding carboxylic acids is 1. The average molecular weight is 471 g/mol. The summed E-state index contributed by atoms with van der Waals surface area (Å²) in [6, 6.07) is 17.7. The number of benzene rings is 2. The Labute approximate surface area is 201 Å². The van der Waals surface area contributed by atoms with E-state index in [4.69, 9.17) is 19.1 Å². The van der Waals surface area contributed by atoms with Gasteiger partial charge in [0.15, 0.2) is 5.76 Å². The Morgan fingerprint density at radius 2 is 1.83 bits per heavy atom. The highest BCUT2D eigenvalue weighted by molar-refractivity contribution is 5.91. The highest BCUT2D eigenvalue weighted by Crippen LogP contribution is 2.33. The van der Waals surface area contributed by atoms with Gasteiger partial charge in [-0.15, -0.1) is 0 Å². The van der Waals surface area contributed by atoms with Gasteiger partial charge in [0, 0.05) is 32.1 Å². The normalized spacial score (nSPS) is 14.9. The summed E-state index contributed by atoms with van der Waals surface area (Å²) in [7, 11) is 0. The molecule has 7 nitrogen and oxygen atoms in total. The molecule has 4 heterocycles. The molecule has 0 N–H and O–H groups in total. The third kappa shape index (κ3) is 4.23. The summed E-state index contributed by atoms with van der Waals surface area (Å²) < 4.78 is 25.3. The molecule has 176 valence electrons. The van der Waals surface area contributed by atoms with Crippen LogP contribution in [0.15, 0.2) is 71.3 Å². The van der Waals surface area contributed by atoms with Crippen LogP contribution in [0.25, 0.3) is 0 Å². The highest BCUT2D eigenvalue weighted by Gasteiger charge is 2.30. The van der Waals surface area contributed by atoms with Crippen LogP contribution in [-0.4, -0.2) is 33.9 Å². The van der Waals surface area contributed by atoms with E-state index in [2.05, 4.69) is 23.1 Å². The van der Waals surface area contributed by atoms with E-state index in [-0.39, 0.29) is 18.2 Å². The molecule has 1 amide bonds. The van der Waals surface area contributed by atoms with Gasteiger partial charge in [-0.05, 0) is 41.8 Å². The number of fused-ring (bicyclic) bond motifs is 2. The number of halogens is 1. The van der Waals surface area contributed by atoms with Crippen LogP contribution in [0.1, 0.15) is 32.9 Å². The number of aromatic nitrogens is 2. The molecule has 8 heteroatoms. The van der Waals surface area contributed by atoms with Crippen molar-refractivity contribution in [2.45, 2.75) is 25.9 Å². The maximum absolute atomic E-state index is 13.9. The molecule has 0 aliphatic carbocycles. The number of rotatable bonds is 4. The predicted octanol–water partition coefficient (Wildman–Crippen LogP) is 4.76. The molecule has 2 aliphatic heterocycles. The lowest BCUT2D eigenvalue weighted by Crippen LogP contribution is -2.37. The number of furan rings is 1. The number of ether oxygens (including phenoxy) is 1.